The van der Waals surface area contributed by atoms with Gasteiger partial charge in [0, 0.05) is 0 Å². The van der Waals surface area contributed by atoms with E-state index >= 15 is 0 Å². The molecule has 0 atom stereocenters. The zero-order valence-corrected chi connectivity index (χ0v) is 9.45. The van der Waals surface area contributed by atoms with E-state index < -0.39 is 20.5 Å². The van der Waals surface area contributed by atoms with Crippen molar-refractivity contribution in [3.05, 3.63) is 0 Å². The first-order valence-corrected chi connectivity index (χ1v) is 3.70. The van der Waals surface area contributed by atoms with Gasteiger partial charge >= 0.3 is 37.7 Å². The summed E-state index contributed by atoms with van der Waals surface area (Å²) in [6.45, 7) is 0. The summed E-state index contributed by atoms with van der Waals surface area (Å²) in [6.07, 6.45) is 0. The molecule has 0 rings (SSSR count). The van der Waals surface area contributed by atoms with Gasteiger partial charge in [-0.2, -0.15) is 0 Å². The second-order valence-corrected chi connectivity index (χ2v) is 2.27. The largest absolute Gasteiger partial charge is 2.00 e. The van der Waals surface area contributed by atoms with E-state index in [4.69, 9.17) is 37.3 Å². The third-order valence-corrected chi connectivity index (χ3v) is 0. The van der Waals surface area contributed by atoms with Crippen molar-refractivity contribution in [1.82, 2.24) is 0 Å². The first-order valence-electron chi connectivity index (χ1n) is 1.23. The average Bonchev–Trinajstić information content (AvgIpc) is 1.12. The minimum atomic E-state index is -4.94. The number of halogens is 2. The van der Waals surface area contributed by atoms with Crippen LogP contribution in [0.15, 0.2) is 0 Å². The van der Waals surface area contributed by atoms with Crippen LogP contribution in [-0.2, 0) is 0 Å². The molecule has 0 aromatic heterocycles. The molecule has 10 nitrogen and oxygen atoms in total. The predicted octanol–water partition coefficient (Wildman–Crippen LogP) is -11.5. The van der Waals surface area contributed by atoms with E-state index in [-0.39, 0.29) is 48.7 Å². The van der Waals surface area contributed by atoms with Crippen LogP contribution in [0.4, 0.5) is 0 Å². The van der Waals surface area contributed by atoms with Crippen molar-refractivity contribution in [3.8, 4) is 0 Å². The molecule has 0 aliphatic heterocycles. The van der Waals surface area contributed by atoms with Gasteiger partial charge < -0.3 is 11.0 Å². The van der Waals surface area contributed by atoms with E-state index in [2.05, 4.69) is 0 Å². The molecule has 0 aromatic rings. The van der Waals surface area contributed by atoms with E-state index in [0.717, 1.165) is 0 Å². The minimum Gasteiger partial charge on any atom is -0.412 e. The van der Waals surface area contributed by atoms with Gasteiger partial charge in [0.25, 0.3) is 0 Å². The fraction of sp³-hybridized carbons (Fsp3) is 0. The second kappa shape index (κ2) is 11.5. The SMILES string of the molecule is O.O.[Ca+2].[O-][Cl+3]([O-])([O-])[O-].[O-][Cl+3]([O-])([O-])[O-]. The normalized spacial score (nSPS) is 9.23. The number of hydrogen-bond donors (Lipinski definition) is 0. The Morgan fingerprint density at radius 1 is 0.462 bits per heavy atom. The molecular formula is H4CaCl2O10. The van der Waals surface area contributed by atoms with E-state index in [1.807, 2.05) is 0 Å². The monoisotopic (exact) mass is 274 g/mol. The van der Waals surface area contributed by atoms with Gasteiger partial charge in [0.15, 0.2) is 0 Å². The Labute approximate surface area is 106 Å². The first-order chi connectivity index (χ1) is 4.00. The summed E-state index contributed by atoms with van der Waals surface area (Å²) in [5.41, 5.74) is 0. The Balaban J connectivity index is -0.0000000267. The van der Waals surface area contributed by atoms with Crippen LogP contribution in [0, 0.1) is 20.5 Å². The summed E-state index contributed by atoms with van der Waals surface area (Å²) in [4.78, 5) is 0. The standard InChI is InChI=1S/Ca.2ClHO4.2H2O/c;2*2-1(3,4)5;;/h;2*(H,2,3,4,5);2*1H2/q+2;;;;/p-2. The van der Waals surface area contributed by atoms with E-state index in [1.54, 1.807) is 0 Å². The van der Waals surface area contributed by atoms with Crippen molar-refractivity contribution >= 4 is 37.7 Å². The number of rotatable bonds is 0. The Morgan fingerprint density at radius 2 is 0.462 bits per heavy atom. The van der Waals surface area contributed by atoms with Crippen LogP contribution in [0.5, 0.6) is 0 Å². The van der Waals surface area contributed by atoms with Crippen molar-refractivity contribution in [3.63, 3.8) is 0 Å². The minimum absolute atomic E-state index is 0. The molecule has 0 aliphatic carbocycles. The molecule has 0 bridgehead atoms. The van der Waals surface area contributed by atoms with Gasteiger partial charge in [0.05, 0.1) is 0 Å². The molecule has 0 aliphatic rings. The number of hydrogen-bond acceptors (Lipinski definition) is 8. The molecule has 80 valence electrons. The Bertz CT molecular complexity index is 55.9. The summed E-state index contributed by atoms with van der Waals surface area (Å²) >= 11 is 0. The first kappa shape index (κ1) is 29.3. The topological polar surface area (TPSA) is 247 Å². The summed E-state index contributed by atoms with van der Waals surface area (Å²) in [7, 11) is -9.89. The van der Waals surface area contributed by atoms with Crippen molar-refractivity contribution in [2.45, 2.75) is 0 Å². The molecule has 0 unspecified atom stereocenters. The third kappa shape index (κ3) is 849. The van der Waals surface area contributed by atoms with Crippen molar-refractivity contribution in [2.24, 2.45) is 0 Å². The molecule has 13 heavy (non-hydrogen) atoms. The average molecular weight is 275 g/mol. The zero-order chi connectivity index (χ0) is 9.00. The third-order valence-electron chi connectivity index (χ3n) is 0. The maximum absolute atomic E-state index is 8.49. The molecule has 4 N–H and O–H groups in total. The second-order valence-electron chi connectivity index (χ2n) is 0.756. The molecule has 0 spiro atoms. The van der Waals surface area contributed by atoms with Gasteiger partial charge in [0.2, 0.25) is 0 Å². The van der Waals surface area contributed by atoms with Gasteiger partial charge in [-0.1, -0.05) is 0 Å². The van der Waals surface area contributed by atoms with Crippen LogP contribution < -0.4 is 37.3 Å². The van der Waals surface area contributed by atoms with Gasteiger partial charge in [-0.15, -0.1) is 20.5 Å². The summed E-state index contributed by atoms with van der Waals surface area (Å²) in [6, 6.07) is 0. The van der Waals surface area contributed by atoms with Crippen molar-refractivity contribution in [1.29, 1.82) is 0 Å². The van der Waals surface area contributed by atoms with Crippen LogP contribution in [0.2, 0.25) is 0 Å². The molecule has 13 heteroatoms. The molecule has 0 saturated carbocycles. The quantitative estimate of drug-likeness (QED) is 0.382. The predicted molar refractivity (Wildman–Crippen MR) is 13.0 cm³/mol. The van der Waals surface area contributed by atoms with E-state index in [0.29, 0.717) is 0 Å². The van der Waals surface area contributed by atoms with E-state index in [9.17, 15) is 0 Å². The Morgan fingerprint density at radius 3 is 0.462 bits per heavy atom. The Hall–Kier alpha value is 1.44. The molecular weight excluding hydrogens is 271 g/mol. The maximum atomic E-state index is 8.49. The molecule has 0 radical (unpaired) electrons. The van der Waals surface area contributed by atoms with Crippen molar-refractivity contribution in [2.75, 3.05) is 0 Å². The Kier molecular flexibility index (Phi) is 25.9. The summed E-state index contributed by atoms with van der Waals surface area (Å²) < 4.78 is 67.9. The smallest absolute Gasteiger partial charge is 0.412 e. The van der Waals surface area contributed by atoms with Gasteiger partial charge in [-0.25, -0.2) is 37.3 Å². The van der Waals surface area contributed by atoms with Crippen LogP contribution in [0.1, 0.15) is 0 Å². The molecule has 0 fully saturated rings. The van der Waals surface area contributed by atoms with Crippen LogP contribution >= 0.6 is 0 Å². The van der Waals surface area contributed by atoms with Crippen LogP contribution in [0.25, 0.3) is 0 Å². The molecule has 0 saturated heterocycles. The van der Waals surface area contributed by atoms with Gasteiger partial charge in [0.1, 0.15) is 0 Å². The fourth-order valence-corrected chi connectivity index (χ4v) is 0. The summed E-state index contributed by atoms with van der Waals surface area (Å²) in [5.74, 6) is 0. The van der Waals surface area contributed by atoms with E-state index in [1.165, 1.54) is 0 Å². The maximum Gasteiger partial charge on any atom is 2.00 e. The summed E-state index contributed by atoms with van der Waals surface area (Å²) in [5, 5.41) is 0. The van der Waals surface area contributed by atoms with Crippen LogP contribution in [0.3, 0.4) is 0 Å². The molecule has 0 heterocycles. The van der Waals surface area contributed by atoms with Gasteiger partial charge in [-0.05, 0) is 0 Å². The molecule has 0 amide bonds. The zero-order valence-electron chi connectivity index (χ0n) is 5.73. The van der Waals surface area contributed by atoms with Gasteiger partial charge in [-0.3, -0.25) is 0 Å². The molecule has 0 aromatic carbocycles. The fourth-order valence-electron chi connectivity index (χ4n) is 0. The van der Waals surface area contributed by atoms with Crippen LogP contribution in [-0.4, -0.2) is 48.7 Å². The van der Waals surface area contributed by atoms with Crippen molar-refractivity contribution < 1.29 is 68.7 Å².